The summed E-state index contributed by atoms with van der Waals surface area (Å²) in [5.74, 6) is 0.820. The molecule has 0 spiro atoms. The van der Waals surface area contributed by atoms with Gasteiger partial charge in [-0.2, -0.15) is 18.4 Å². The molecule has 6 nitrogen and oxygen atoms in total. The molecule has 0 bridgehead atoms. The van der Waals surface area contributed by atoms with Crippen LogP contribution in [0.15, 0.2) is 51.8 Å². The highest BCUT2D eigenvalue weighted by atomic mass is 32.1. The van der Waals surface area contributed by atoms with E-state index < -0.39 is 11.7 Å². The summed E-state index contributed by atoms with van der Waals surface area (Å²) in [6, 6.07) is 11.2. The fraction of sp³-hybridized carbons (Fsp3) is 0.118. The molecule has 2 heterocycles. The summed E-state index contributed by atoms with van der Waals surface area (Å²) in [6.07, 6.45) is -4.45. The number of halogens is 3. The normalized spacial score (nSPS) is 11.9. The van der Waals surface area contributed by atoms with Crippen molar-refractivity contribution in [3.05, 3.63) is 53.6 Å². The highest BCUT2D eigenvalue weighted by Gasteiger charge is 2.32. The average Bonchev–Trinajstić information content (AvgIpc) is 3.28. The first-order valence-corrected chi connectivity index (χ1v) is 8.25. The van der Waals surface area contributed by atoms with E-state index in [1.54, 1.807) is 12.1 Å². The Labute approximate surface area is 156 Å². The van der Waals surface area contributed by atoms with Crippen LogP contribution >= 0.6 is 12.6 Å². The fourth-order valence-electron chi connectivity index (χ4n) is 2.64. The molecule has 0 aliphatic carbocycles. The molecule has 4 aromatic rings. The Morgan fingerprint density at radius 3 is 2.70 bits per heavy atom. The Morgan fingerprint density at radius 1 is 1.11 bits per heavy atom. The van der Waals surface area contributed by atoms with Gasteiger partial charge in [-0.1, -0.05) is 12.1 Å². The quantitative estimate of drug-likeness (QED) is 0.446. The van der Waals surface area contributed by atoms with Gasteiger partial charge >= 0.3 is 6.18 Å². The summed E-state index contributed by atoms with van der Waals surface area (Å²) in [5, 5.41) is 17.4. The van der Waals surface area contributed by atoms with Crippen LogP contribution in [0.4, 0.5) is 18.9 Å². The van der Waals surface area contributed by atoms with Gasteiger partial charge in [-0.15, -0.1) is 22.8 Å². The van der Waals surface area contributed by atoms with E-state index in [2.05, 4.69) is 38.6 Å². The molecular weight excluding hydrogens is 379 g/mol. The Hall–Kier alpha value is -3.01. The predicted octanol–water partition coefficient (Wildman–Crippen LogP) is 4.53. The molecule has 0 unspecified atom stereocenters. The van der Waals surface area contributed by atoms with Crippen molar-refractivity contribution in [1.82, 2.24) is 20.6 Å². The second kappa shape index (κ2) is 6.62. The Bertz CT molecular complexity index is 1090. The fourth-order valence-corrected chi connectivity index (χ4v) is 2.90. The molecule has 27 heavy (non-hydrogen) atoms. The first-order valence-electron chi connectivity index (χ1n) is 7.80. The molecule has 10 heteroatoms. The third kappa shape index (κ3) is 3.61. The predicted molar refractivity (Wildman–Crippen MR) is 95.4 cm³/mol. The second-order valence-electron chi connectivity index (χ2n) is 5.80. The molecule has 2 aromatic carbocycles. The van der Waals surface area contributed by atoms with E-state index in [1.807, 2.05) is 18.2 Å². The van der Waals surface area contributed by atoms with E-state index in [0.717, 1.165) is 17.0 Å². The summed E-state index contributed by atoms with van der Waals surface area (Å²) in [5.41, 5.74) is 1.05. The van der Waals surface area contributed by atoms with Crippen LogP contribution in [0, 0.1) is 0 Å². The molecule has 0 amide bonds. The van der Waals surface area contributed by atoms with E-state index in [-0.39, 0.29) is 4.90 Å². The summed E-state index contributed by atoms with van der Waals surface area (Å²) in [7, 11) is 0. The number of H-pyrrole nitrogens is 1. The minimum atomic E-state index is -4.45. The first-order chi connectivity index (χ1) is 12.9. The number of hydrogen-bond donors (Lipinski definition) is 3. The number of nitrogens with zero attached hydrogens (tertiary/aromatic N) is 3. The molecule has 0 saturated heterocycles. The van der Waals surface area contributed by atoms with Gasteiger partial charge in [0.25, 0.3) is 0 Å². The van der Waals surface area contributed by atoms with Crippen LogP contribution in [0.2, 0.25) is 0 Å². The number of alkyl halides is 3. The van der Waals surface area contributed by atoms with Gasteiger partial charge in [-0.25, -0.2) is 0 Å². The zero-order chi connectivity index (χ0) is 19.0. The number of anilines is 1. The van der Waals surface area contributed by atoms with Crippen LogP contribution in [0.25, 0.3) is 22.6 Å². The number of aromatic amines is 1. The number of hydrogen-bond acceptors (Lipinski definition) is 6. The molecular formula is C17H12F3N5OS. The molecule has 0 aliphatic rings. The monoisotopic (exact) mass is 391 g/mol. The molecule has 0 saturated carbocycles. The van der Waals surface area contributed by atoms with Gasteiger partial charge in [-0.05, 0) is 41.1 Å². The topological polar surface area (TPSA) is 79.6 Å². The van der Waals surface area contributed by atoms with Gasteiger partial charge in [0.05, 0.1) is 5.56 Å². The van der Waals surface area contributed by atoms with Gasteiger partial charge in [0, 0.05) is 22.5 Å². The van der Waals surface area contributed by atoms with Gasteiger partial charge < -0.3 is 9.73 Å². The average molecular weight is 391 g/mol. The number of thiol groups is 1. The Morgan fingerprint density at radius 2 is 1.96 bits per heavy atom. The number of benzene rings is 2. The largest absolute Gasteiger partial charge is 0.453 e. The lowest BCUT2D eigenvalue weighted by Gasteiger charge is -2.13. The SMILES string of the molecule is FC(F)(F)c1cc(NCc2ccc3cc(-c4nn[nH]n4)oc3c2)ccc1S. The number of aromatic nitrogens is 4. The van der Waals surface area contributed by atoms with Crippen molar-refractivity contribution >= 4 is 29.3 Å². The number of rotatable bonds is 4. The zero-order valence-electron chi connectivity index (χ0n) is 13.6. The Kier molecular flexibility index (Phi) is 4.27. The van der Waals surface area contributed by atoms with E-state index in [4.69, 9.17) is 4.42 Å². The highest BCUT2D eigenvalue weighted by Crippen LogP contribution is 2.35. The summed E-state index contributed by atoms with van der Waals surface area (Å²) < 4.78 is 44.7. The third-order valence-corrected chi connectivity index (χ3v) is 4.34. The second-order valence-corrected chi connectivity index (χ2v) is 6.28. The van der Waals surface area contributed by atoms with Crippen molar-refractivity contribution in [2.75, 3.05) is 5.32 Å². The van der Waals surface area contributed by atoms with Crippen molar-refractivity contribution in [3.8, 4) is 11.6 Å². The van der Waals surface area contributed by atoms with Crippen molar-refractivity contribution in [2.24, 2.45) is 0 Å². The molecule has 0 atom stereocenters. The van der Waals surface area contributed by atoms with Gasteiger partial charge in [-0.3, -0.25) is 0 Å². The van der Waals surface area contributed by atoms with E-state index in [9.17, 15) is 13.2 Å². The van der Waals surface area contributed by atoms with Crippen LogP contribution in [-0.4, -0.2) is 20.6 Å². The van der Waals surface area contributed by atoms with Crippen LogP contribution in [-0.2, 0) is 12.7 Å². The highest BCUT2D eigenvalue weighted by molar-refractivity contribution is 7.80. The molecule has 2 aromatic heterocycles. The Balaban J connectivity index is 1.54. The minimum absolute atomic E-state index is 0.112. The van der Waals surface area contributed by atoms with Crippen molar-refractivity contribution in [3.63, 3.8) is 0 Å². The van der Waals surface area contributed by atoms with Gasteiger partial charge in [0.2, 0.25) is 5.82 Å². The number of nitrogens with one attached hydrogen (secondary N) is 2. The van der Waals surface area contributed by atoms with Crippen LogP contribution < -0.4 is 5.32 Å². The minimum Gasteiger partial charge on any atom is -0.453 e. The molecule has 4 rings (SSSR count). The van der Waals surface area contributed by atoms with Crippen molar-refractivity contribution in [1.29, 1.82) is 0 Å². The number of fused-ring (bicyclic) bond motifs is 1. The van der Waals surface area contributed by atoms with E-state index >= 15 is 0 Å². The molecule has 138 valence electrons. The van der Waals surface area contributed by atoms with Crippen LogP contribution in [0.1, 0.15) is 11.1 Å². The zero-order valence-corrected chi connectivity index (χ0v) is 14.5. The summed E-state index contributed by atoms with van der Waals surface area (Å²) in [6.45, 7) is 0.331. The maximum absolute atomic E-state index is 13.0. The van der Waals surface area contributed by atoms with Crippen LogP contribution in [0.3, 0.4) is 0 Å². The maximum Gasteiger partial charge on any atom is 0.417 e. The number of tetrazole rings is 1. The van der Waals surface area contributed by atoms with Crippen molar-refractivity contribution in [2.45, 2.75) is 17.6 Å². The van der Waals surface area contributed by atoms with Crippen molar-refractivity contribution < 1.29 is 17.6 Å². The molecule has 2 N–H and O–H groups in total. The standard InChI is InChI=1S/C17H12F3N5OS/c18-17(19,20)12-7-11(3-4-15(12)27)21-8-9-1-2-10-6-14(26-13(10)5-9)16-22-24-25-23-16/h1-7,21,27H,8H2,(H,22,23,24,25). The van der Waals surface area contributed by atoms with Crippen LogP contribution in [0.5, 0.6) is 0 Å². The first kappa shape index (κ1) is 17.4. The summed E-state index contributed by atoms with van der Waals surface area (Å²) in [4.78, 5) is -0.112. The molecule has 0 fully saturated rings. The van der Waals surface area contributed by atoms with Gasteiger partial charge in [0.15, 0.2) is 5.76 Å². The number of furan rings is 1. The molecule has 0 aliphatic heterocycles. The molecule has 0 radical (unpaired) electrons. The maximum atomic E-state index is 13.0. The lowest BCUT2D eigenvalue weighted by Crippen LogP contribution is -2.08. The third-order valence-electron chi connectivity index (χ3n) is 3.95. The summed E-state index contributed by atoms with van der Waals surface area (Å²) >= 11 is 3.87. The lowest BCUT2D eigenvalue weighted by atomic mass is 10.1. The smallest absolute Gasteiger partial charge is 0.417 e. The van der Waals surface area contributed by atoms with E-state index in [0.29, 0.717) is 29.4 Å². The lowest BCUT2D eigenvalue weighted by molar-refractivity contribution is -0.139. The van der Waals surface area contributed by atoms with Gasteiger partial charge in [0.1, 0.15) is 5.58 Å². The van der Waals surface area contributed by atoms with E-state index in [1.165, 1.54) is 6.07 Å².